The van der Waals surface area contributed by atoms with Crippen molar-refractivity contribution in [2.24, 2.45) is 0 Å². The van der Waals surface area contributed by atoms with E-state index in [1.807, 2.05) is 18.2 Å². The average Bonchev–Trinajstić information content (AvgIpc) is 2.39. The van der Waals surface area contributed by atoms with E-state index in [9.17, 15) is 9.59 Å². The molecule has 2 N–H and O–H groups in total. The van der Waals surface area contributed by atoms with Crippen LogP contribution in [0.25, 0.3) is 0 Å². The predicted molar refractivity (Wildman–Crippen MR) is 68.7 cm³/mol. The fraction of sp³-hybridized carbons (Fsp3) is 0.429. The summed E-state index contributed by atoms with van der Waals surface area (Å²) in [5, 5.41) is 11.3. The molecule has 0 bridgehead atoms. The summed E-state index contributed by atoms with van der Waals surface area (Å²) < 4.78 is 4.77. The Morgan fingerprint density at radius 1 is 1.32 bits per heavy atom. The second kappa shape index (κ2) is 6.33. The first kappa shape index (κ1) is 13.5. The molecular weight excluding hydrogens is 246 g/mol. The number of hydrogen-bond donors (Lipinski definition) is 2. The van der Waals surface area contributed by atoms with E-state index in [4.69, 9.17) is 9.84 Å². The summed E-state index contributed by atoms with van der Waals surface area (Å²) in [5.74, 6) is -1.35. The van der Waals surface area contributed by atoms with Gasteiger partial charge in [0, 0.05) is 0 Å². The maximum Gasteiger partial charge on any atom is 0.329 e. The second-order valence-corrected chi connectivity index (χ2v) is 4.60. The molecule has 0 saturated carbocycles. The van der Waals surface area contributed by atoms with Gasteiger partial charge in [-0.2, -0.15) is 0 Å². The summed E-state index contributed by atoms with van der Waals surface area (Å²) in [4.78, 5) is 22.0. The highest BCUT2D eigenvalue weighted by atomic mass is 16.5. The quantitative estimate of drug-likeness (QED) is 0.839. The molecule has 0 radical (unpaired) electrons. The fourth-order valence-corrected chi connectivity index (χ4v) is 2.37. The van der Waals surface area contributed by atoms with E-state index < -0.39 is 12.6 Å². The van der Waals surface area contributed by atoms with E-state index in [1.165, 1.54) is 5.56 Å². The largest absolute Gasteiger partial charge is 0.480 e. The average molecular weight is 263 g/mol. The Morgan fingerprint density at radius 2 is 2.11 bits per heavy atom. The van der Waals surface area contributed by atoms with Crippen molar-refractivity contribution < 1.29 is 19.4 Å². The van der Waals surface area contributed by atoms with Crippen LogP contribution < -0.4 is 5.32 Å². The lowest BCUT2D eigenvalue weighted by molar-refractivity contribution is -0.143. The van der Waals surface area contributed by atoms with Crippen LogP contribution in [0.4, 0.5) is 0 Å². The Labute approximate surface area is 111 Å². The molecule has 0 aromatic heterocycles. The summed E-state index contributed by atoms with van der Waals surface area (Å²) in [7, 11) is 0. The van der Waals surface area contributed by atoms with Gasteiger partial charge in [-0.05, 0) is 30.4 Å². The number of aryl methyl sites for hydroxylation is 1. The molecule has 1 aromatic carbocycles. The zero-order valence-electron chi connectivity index (χ0n) is 10.6. The van der Waals surface area contributed by atoms with Crippen LogP contribution in [0.15, 0.2) is 24.3 Å². The van der Waals surface area contributed by atoms with E-state index in [0.717, 1.165) is 24.8 Å². The minimum atomic E-state index is -1.07. The molecule has 19 heavy (non-hydrogen) atoms. The Hall–Kier alpha value is -1.88. The third kappa shape index (κ3) is 3.79. The van der Waals surface area contributed by atoms with Crippen molar-refractivity contribution in [3.8, 4) is 0 Å². The van der Waals surface area contributed by atoms with Gasteiger partial charge in [-0.25, -0.2) is 4.79 Å². The normalized spacial score (nSPS) is 17.6. The number of fused-ring (bicyclic) bond motifs is 1. The maximum absolute atomic E-state index is 11.7. The van der Waals surface area contributed by atoms with E-state index in [1.54, 1.807) is 0 Å². The van der Waals surface area contributed by atoms with Gasteiger partial charge in [0.25, 0.3) is 0 Å². The van der Waals surface area contributed by atoms with Crippen molar-refractivity contribution in [2.45, 2.75) is 25.3 Å². The number of carbonyl (C=O) groups excluding carboxylic acids is 1. The highest BCUT2D eigenvalue weighted by Crippen LogP contribution is 2.29. The number of carbonyl (C=O) groups is 2. The van der Waals surface area contributed by atoms with Gasteiger partial charge in [0.05, 0.1) is 6.04 Å². The monoisotopic (exact) mass is 263 g/mol. The van der Waals surface area contributed by atoms with Crippen LogP contribution in [0.2, 0.25) is 0 Å². The van der Waals surface area contributed by atoms with Gasteiger partial charge in [-0.15, -0.1) is 0 Å². The van der Waals surface area contributed by atoms with Gasteiger partial charge in [0.2, 0.25) is 5.91 Å². The Bertz CT molecular complexity index is 472. The van der Waals surface area contributed by atoms with E-state index in [-0.39, 0.29) is 18.6 Å². The predicted octanol–water partition coefficient (Wildman–Crippen LogP) is 1.28. The third-order valence-electron chi connectivity index (χ3n) is 3.16. The van der Waals surface area contributed by atoms with Crippen LogP contribution in [-0.2, 0) is 20.7 Å². The maximum atomic E-state index is 11.7. The summed E-state index contributed by atoms with van der Waals surface area (Å²) in [6, 6.07) is 8.07. The fourth-order valence-electron chi connectivity index (χ4n) is 2.37. The minimum absolute atomic E-state index is 0.00544. The van der Waals surface area contributed by atoms with Crippen molar-refractivity contribution in [3.63, 3.8) is 0 Å². The number of nitrogens with one attached hydrogen (secondary N) is 1. The van der Waals surface area contributed by atoms with Gasteiger partial charge in [0.1, 0.15) is 13.2 Å². The molecular formula is C14H17NO4. The first-order chi connectivity index (χ1) is 9.16. The zero-order chi connectivity index (χ0) is 13.7. The number of rotatable bonds is 5. The summed E-state index contributed by atoms with van der Waals surface area (Å²) in [5.41, 5.74) is 2.42. The van der Waals surface area contributed by atoms with Crippen LogP contribution in [0.3, 0.4) is 0 Å². The standard InChI is InChI=1S/C14H17NO4/c16-13(8-19-9-14(17)18)15-12-7-3-5-10-4-1-2-6-11(10)12/h1-2,4,6,12H,3,5,7-9H2,(H,15,16)(H,17,18). The lowest BCUT2D eigenvalue weighted by Crippen LogP contribution is -2.34. The third-order valence-corrected chi connectivity index (χ3v) is 3.16. The molecule has 2 rings (SSSR count). The number of hydrogen-bond acceptors (Lipinski definition) is 3. The highest BCUT2D eigenvalue weighted by molar-refractivity contribution is 5.78. The number of aliphatic carboxylic acids is 1. The molecule has 1 atom stereocenters. The van der Waals surface area contributed by atoms with Crippen molar-refractivity contribution in [1.29, 1.82) is 0 Å². The Morgan fingerprint density at radius 3 is 2.89 bits per heavy atom. The van der Waals surface area contributed by atoms with E-state index >= 15 is 0 Å². The molecule has 0 aliphatic heterocycles. The van der Waals surface area contributed by atoms with Gasteiger partial charge in [-0.3, -0.25) is 4.79 Å². The number of carboxylic acids is 1. The van der Waals surface area contributed by atoms with Crippen molar-refractivity contribution in [3.05, 3.63) is 35.4 Å². The van der Waals surface area contributed by atoms with Crippen molar-refractivity contribution in [2.75, 3.05) is 13.2 Å². The minimum Gasteiger partial charge on any atom is -0.480 e. The summed E-state index contributed by atoms with van der Waals surface area (Å²) in [6.45, 7) is -0.667. The molecule has 1 aliphatic rings. The first-order valence-corrected chi connectivity index (χ1v) is 6.33. The molecule has 1 aliphatic carbocycles. The number of ether oxygens (including phenoxy) is 1. The Balaban J connectivity index is 1.90. The van der Waals surface area contributed by atoms with Crippen LogP contribution in [0.1, 0.15) is 30.0 Å². The van der Waals surface area contributed by atoms with Gasteiger partial charge in [-0.1, -0.05) is 24.3 Å². The van der Waals surface area contributed by atoms with Crippen LogP contribution in [0, 0.1) is 0 Å². The van der Waals surface area contributed by atoms with Gasteiger partial charge < -0.3 is 15.2 Å². The molecule has 1 aromatic rings. The molecule has 1 amide bonds. The molecule has 1 unspecified atom stereocenters. The molecule has 0 fully saturated rings. The van der Waals surface area contributed by atoms with Crippen LogP contribution in [-0.4, -0.2) is 30.2 Å². The summed E-state index contributed by atoms with van der Waals surface area (Å²) in [6.07, 6.45) is 2.98. The molecule has 5 heteroatoms. The lowest BCUT2D eigenvalue weighted by atomic mass is 9.88. The van der Waals surface area contributed by atoms with Crippen molar-refractivity contribution >= 4 is 11.9 Å². The van der Waals surface area contributed by atoms with Crippen LogP contribution in [0.5, 0.6) is 0 Å². The van der Waals surface area contributed by atoms with E-state index in [2.05, 4.69) is 11.4 Å². The second-order valence-electron chi connectivity index (χ2n) is 4.60. The van der Waals surface area contributed by atoms with E-state index in [0.29, 0.717) is 0 Å². The zero-order valence-corrected chi connectivity index (χ0v) is 10.6. The summed E-state index contributed by atoms with van der Waals surface area (Å²) >= 11 is 0. The van der Waals surface area contributed by atoms with Crippen molar-refractivity contribution in [1.82, 2.24) is 5.32 Å². The highest BCUT2D eigenvalue weighted by Gasteiger charge is 2.21. The van der Waals surface area contributed by atoms with Crippen LogP contribution >= 0.6 is 0 Å². The number of benzene rings is 1. The SMILES string of the molecule is O=C(O)COCC(=O)NC1CCCc2ccccc21. The van der Waals surface area contributed by atoms with Gasteiger partial charge in [0.15, 0.2) is 0 Å². The Kier molecular flexibility index (Phi) is 4.52. The molecule has 0 spiro atoms. The molecule has 102 valence electrons. The number of carboxylic acid groups (broad SMARTS) is 1. The molecule has 0 heterocycles. The topological polar surface area (TPSA) is 75.6 Å². The smallest absolute Gasteiger partial charge is 0.329 e. The lowest BCUT2D eigenvalue weighted by Gasteiger charge is -2.26. The number of amides is 1. The van der Waals surface area contributed by atoms with Gasteiger partial charge >= 0.3 is 5.97 Å². The molecule has 0 saturated heterocycles. The molecule has 5 nitrogen and oxygen atoms in total. The first-order valence-electron chi connectivity index (χ1n) is 6.33.